The van der Waals surface area contributed by atoms with E-state index >= 15 is 0 Å². The molecule has 0 aromatic carbocycles. The maximum atomic E-state index is 11.0. The summed E-state index contributed by atoms with van der Waals surface area (Å²) in [7, 11) is 0. The van der Waals surface area contributed by atoms with Crippen molar-refractivity contribution >= 4 is 6.03 Å². The minimum absolute atomic E-state index is 0.0278. The van der Waals surface area contributed by atoms with E-state index in [0.29, 0.717) is 0 Å². The molecule has 0 spiro atoms. The van der Waals surface area contributed by atoms with Crippen molar-refractivity contribution in [3.63, 3.8) is 0 Å². The molecule has 1 fully saturated rings. The third kappa shape index (κ3) is 1.94. The fourth-order valence-electron chi connectivity index (χ4n) is 0.874. The van der Waals surface area contributed by atoms with E-state index in [2.05, 4.69) is 3.99 Å². The second-order valence-electron chi connectivity index (χ2n) is 2.00. The Hall–Kier alpha value is -0.121. The van der Waals surface area contributed by atoms with E-state index < -0.39 is 18.2 Å². The monoisotopic (exact) mass is 321 g/mol. The molecule has 2 amide bonds. The van der Waals surface area contributed by atoms with Crippen LogP contribution >= 0.6 is 0 Å². The number of nitrogens with zero attached hydrogens (tertiary/aromatic N) is 1. The number of amides is 2. The van der Waals surface area contributed by atoms with Gasteiger partial charge in [0, 0.05) is 0 Å². The van der Waals surface area contributed by atoms with Gasteiger partial charge in [-0.05, 0) is 0 Å². The van der Waals surface area contributed by atoms with Crippen LogP contribution in [0, 0.1) is 6.54 Å². The Labute approximate surface area is 68.7 Å². The molecular formula is C5H10IrN3O. The fraction of sp³-hybridized carbons (Fsp3) is 0.600. The predicted octanol–water partition coefficient (Wildman–Crippen LogP) is -0.175. The van der Waals surface area contributed by atoms with Gasteiger partial charge in [0.2, 0.25) is 0 Å². The average Bonchev–Trinajstić information content (AvgIpc) is 2.38. The number of likely N-dealkylation sites (tertiary alicyclic amines) is 1. The van der Waals surface area contributed by atoms with Crippen LogP contribution in [0.1, 0.15) is 12.8 Å². The minimum atomic E-state index is -0.724. The van der Waals surface area contributed by atoms with Crippen LogP contribution in [-0.2, 0) is 18.2 Å². The van der Waals surface area contributed by atoms with Crippen molar-refractivity contribution in [1.82, 2.24) is 8.89 Å². The zero-order chi connectivity index (χ0) is 7.40. The number of nitrogens with one attached hydrogen (secondary N) is 1. The first-order valence-corrected chi connectivity index (χ1v) is 5.60. The van der Waals surface area contributed by atoms with Gasteiger partial charge >= 0.3 is 68.2 Å². The summed E-state index contributed by atoms with van der Waals surface area (Å²) in [4.78, 5) is 12.7. The standard InChI is InChI=1S/C5H9N2O.Ir.H2N/c6-5(8)7-3-1-2-4-7;;/h3H,1-2,4H2,(H2,6,8);;1H2/q;+2;-1/p-1. The van der Waals surface area contributed by atoms with Crippen LogP contribution in [0.25, 0.3) is 0 Å². The first kappa shape index (κ1) is 7.98. The van der Waals surface area contributed by atoms with Crippen molar-refractivity contribution < 1.29 is 23.0 Å². The molecule has 10 heavy (non-hydrogen) atoms. The molecule has 0 bridgehead atoms. The Morgan fingerprint density at radius 1 is 1.80 bits per heavy atom. The Morgan fingerprint density at radius 3 is 3.10 bits per heavy atom. The number of carbonyl (C=O) groups is 1. The van der Waals surface area contributed by atoms with Crippen LogP contribution < -0.4 is 8.39 Å². The molecule has 1 aliphatic rings. The second-order valence-corrected chi connectivity index (χ2v) is 3.29. The van der Waals surface area contributed by atoms with Crippen molar-refractivity contribution in [2.24, 2.45) is 4.40 Å². The molecule has 1 aliphatic heterocycles. The molecule has 0 aromatic rings. The average molecular weight is 320 g/mol. The Bertz CT molecular complexity index is 124. The summed E-state index contributed by atoms with van der Waals surface area (Å²) in [6.45, 7) is 2.76. The maximum absolute atomic E-state index is 11.0. The van der Waals surface area contributed by atoms with Gasteiger partial charge in [0.25, 0.3) is 0 Å². The van der Waals surface area contributed by atoms with Crippen molar-refractivity contribution in [1.29, 1.82) is 0 Å². The van der Waals surface area contributed by atoms with Crippen LogP contribution in [0.5, 0.6) is 0 Å². The van der Waals surface area contributed by atoms with Gasteiger partial charge in [0.05, 0.1) is 0 Å². The zero-order valence-electron chi connectivity index (χ0n) is 5.46. The molecule has 1 radical (unpaired) electrons. The number of hydrogen-bond donors (Lipinski definition) is 2. The van der Waals surface area contributed by atoms with Gasteiger partial charge in [-0.3, -0.25) is 0 Å². The summed E-state index contributed by atoms with van der Waals surface area (Å²) >= 11 is -0.724. The Morgan fingerprint density at radius 2 is 2.60 bits per heavy atom. The van der Waals surface area contributed by atoms with Crippen LogP contribution in [0.2, 0.25) is 0 Å². The second kappa shape index (κ2) is 3.91. The SMILES string of the molecule is [NH2][Ir][NH]C(=O)N1[CH]CCC1. The third-order valence-corrected chi connectivity index (χ3v) is 2.19. The molecule has 4 nitrogen and oxygen atoms in total. The van der Waals surface area contributed by atoms with Crippen LogP contribution in [0.4, 0.5) is 4.79 Å². The van der Waals surface area contributed by atoms with E-state index in [9.17, 15) is 4.79 Å². The van der Waals surface area contributed by atoms with Gasteiger partial charge in [0.15, 0.2) is 0 Å². The van der Waals surface area contributed by atoms with Gasteiger partial charge in [-0.15, -0.1) is 0 Å². The topological polar surface area (TPSA) is 58.4 Å². The van der Waals surface area contributed by atoms with E-state index in [-0.39, 0.29) is 6.03 Å². The van der Waals surface area contributed by atoms with Crippen molar-refractivity contribution in [2.75, 3.05) is 6.54 Å². The van der Waals surface area contributed by atoms with Crippen LogP contribution in [-0.4, -0.2) is 17.5 Å². The number of hydrogen-bond acceptors (Lipinski definition) is 2. The van der Waals surface area contributed by atoms with Crippen molar-refractivity contribution in [3.8, 4) is 0 Å². The normalized spacial score (nSPS) is 17.9. The fourth-order valence-corrected chi connectivity index (χ4v) is 1.51. The van der Waals surface area contributed by atoms with Crippen molar-refractivity contribution in [2.45, 2.75) is 12.8 Å². The number of carbonyl (C=O) groups excluding carboxylic acids is 1. The molecule has 1 saturated heterocycles. The Balaban J connectivity index is 2.25. The van der Waals surface area contributed by atoms with Crippen LogP contribution in [0.15, 0.2) is 0 Å². The molecule has 5 heteroatoms. The molecule has 3 N–H and O–H groups in total. The van der Waals surface area contributed by atoms with Gasteiger partial charge in [0.1, 0.15) is 0 Å². The first-order valence-electron chi connectivity index (χ1n) is 3.02. The van der Waals surface area contributed by atoms with E-state index in [1.165, 1.54) is 0 Å². The van der Waals surface area contributed by atoms with Crippen molar-refractivity contribution in [3.05, 3.63) is 6.54 Å². The molecule has 0 aromatic heterocycles. The number of nitrogens with two attached hydrogens (primary N) is 1. The van der Waals surface area contributed by atoms with Gasteiger partial charge in [-0.1, -0.05) is 0 Å². The molecular weight excluding hydrogens is 310 g/mol. The summed E-state index contributed by atoms with van der Waals surface area (Å²) in [6.07, 6.45) is 2.09. The van der Waals surface area contributed by atoms with Crippen LogP contribution in [0.3, 0.4) is 0 Å². The molecule has 60 valence electrons. The van der Waals surface area contributed by atoms with E-state index in [0.717, 1.165) is 19.4 Å². The van der Waals surface area contributed by atoms with Gasteiger partial charge < -0.3 is 0 Å². The molecule has 0 unspecified atom stereocenters. The number of urea groups is 1. The van der Waals surface area contributed by atoms with Gasteiger partial charge in [-0.2, -0.15) is 0 Å². The predicted molar refractivity (Wildman–Crippen MR) is 33.0 cm³/mol. The summed E-state index contributed by atoms with van der Waals surface area (Å²) in [5, 5.41) is 0. The molecule has 1 rings (SSSR count). The molecule has 0 aliphatic carbocycles. The molecule has 0 atom stereocenters. The summed E-state index contributed by atoms with van der Waals surface area (Å²) in [6, 6.07) is -0.0278. The first-order chi connectivity index (χ1) is 4.84. The molecule has 1 heterocycles. The van der Waals surface area contributed by atoms with E-state index in [1.807, 2.05) is 6.54 Å². The molecule has 0 saturated carbocycles. The van der Waals surface area contributed by atoms with E-state index in [4.69, 9.17) is 4.40 Å². The summed E-state index contributed by atoms with van der Waals surface area (Å²) < 4.78 is 7.90. The summed E-state index contributed by atoms with van der Waals surface area (Å²) in [5.74, 6) is 0. The van der Waals surface area contributed by atoms with Gasteiger partial charge in [-0.25, -0.2) is 0 Å². The van der Waals surface area contributed by atoms with E-state index in [1.54, 1.807) is 4.90 Å². The quantitative estimate of drug-likeness (QED) is 0.704. The zero-order valence-corrected chi connectivity index (χ0v) is 7.86. The number of rotatable bonds is 1. The summed E-state index contributed by atoms with van der Waals surface area (Å²) in [5.41, 5.74) is 0. The Kier molecular flexibility index (Phi) is 3.12. The third-order valence-electron chi connectivity index (χ3n) is 1.33.